The Hall–Kier alpha value is -6.02. The average Bonchev–Trinajstić information content (AvgIpc) is 3.43. The van der Waals surface area contributed by atoms with Crippen molar-refractivity contribution in [3.63, 3.8) is 0 Å². The lowest BCUT2D eigenvalue weighted by atomic mass is 10.1. The molecule has 2 aliphatic heterocycles. The van der Waals surface area contributed by atoms with Crippen molar-refractivity contribution in [1.82, 2.24) is 0 Å². The van der Waals surface area contributed by atoms with E-state index in [2.05, 4.69) is 0 Å². The third-order valence-electron chi connectivity index (χ3n) is 7.04. The molecule has 0 aliphatic carbocycles. The van der Waals surface area contributed by atoms with E-state index in [1.165, 1.54) is 0 Å². The van der Waals surface area contributed by atoms with Gasteiger partial charge in [0.05, 0.1) is 33.6 Å². The zero-order valence-corrected chi connectivity index (χ0v) is 21.9. The Kier molecular flexibility index (Phi) is 5.87. The van der Waals surface area contributed by atoms with Gasteiger partial charge in [0.25, 0.3) is 23.6 Å². The molecule has 7 rings (SSSR count). The van der Waals surface area contributed by atoms with Crippen molar-refractivity contribution in [3.05, 3.63) is 144 Å². The third kappa shape index (κ3) is 4.01. The van der Waals surface area contributed by atoms with Crippen LogP contribution in [-0.2, 0) is 0 Å². The van der Waals surface area contributed by atoms with E-state index >= 15 is 0 Å². The van der Waals surface area contributed by atoms with Crippen molar-refractivity contribution in [2.45, 2.75) is 0 Å². The van der Waals surface area contributed by atoms with Gasteiger partial charge in [-0.05, 0) is 60.7 Å². The fourth-order valence-electron chi connectivity index (χ4n) is 5.16. The summed E-state index contributed by atoms with van der Waals surface area (Å²) in [5.41, 5.74) is 1.78. The van der Waals surface area contributed by atoms with E-state index in [0.717, 1.165) is 9.80 Å². The lowest BCUT2D eigenvalue weighted by molar-refractivity contribution is 0.0909. The number of fused-ring (bicyclic) bond motifs is 2. The summed E-state index contributed by atoms with van der Waals surface area (Å²) < 4.78 is 12.2. The summed E-state index contributed by atoms with van der Waals surface area (Å²) in [7, 11) is 0. The summed E-state index contributed by atoms with van der Waals surface area (Å²) in [6.45, 7) is 0. The van der Waals surface area contributed by atoms with Gasteiger partial charge in [-0.25, -0.2) is 9.80 Å². The second kappa shape index (κ2) is 9.87. The number of rotatable bonds is 6. The average molecular weight is 553 g/mol. The standard InChI is InChI=1S/C34H20N2O6/c37-31-25-16-8-18-27(29(25)33(39)35(31)21-10-3-1-4-11-21)41-23-14-7-15-24(20-23)42-28-19-9-17-26-30(28)34(40)36(32(26)38)22-12-5-2-6-13-22/h1-20H. The van der Waals surface area contributed by atoms with Crippen LogP contribution in [0.15, 0.2) is 121 Å². The first kappa shape index (κ1) is 25.0. The summed E-state index contributed by atoms with van der Waals surface area (Å²) >= 11 is 0. The van der Waals surface area contributed by atoms with Crippen LogP contribution in [0.3, 0.4) is 0 Å². The summed E-state index contributed by atoms with van der Waals surface area (Å²) in [5.74, 6) is -0.663. The van der Waals surface area contributed by atoms with Crippen molar-refractivity contribution in [2.24, 2.45) is 0 Å². The molecule has 0 bridgehead atoms. The van der Waals surface area contributed by atoms with Crippen molar-refractivity contribution in [3.8, 4) is 23.0 Å². The number of carbonyl (C=O) groups excluding carboxylic acids is 4. The normalized spacial score (nSPS) is 13.8. The highest BCUT2D eigenvalue weighted by atomic mass is 16.5. The van der Waals surface area contributed by atoms with E-state index in [0.29, 0.717) is 22.9 Å². The molecule has 202 valence electrons. The SMILES string of the molecule is O=C1c2cccc(Oc3cccc(Oc4cccc5c4C(=O)N(c4ccccc4)C5=O)c3)c2C(=O)N1c1ccccc1. The van der Waals surface area contributed by atoms with E-state index in [9.17, 15) is 19.2 Å². The highest BCUT2D eigenvalue weighted by Gasteiger charge is 2.40. The van der Waals surface area contributed by atoms with Gasteiger partial charge in [-0.15, -0.1) is 0 Å². The van der Waals surface area contributed by atoms with Crippen molar-refractivity contribution >= 4 is 35.0 Å². The molecule has 0 radical (unpaired) electrons. The van der Waals surface area contributed by atoms with E-state index in [4.69, 9.17) is 9.47 Å². The zero-order valence-electron chi connectivity index (χ0n) is 21.9. The van der Waals surface area contributed by atoms with E-state index in [1.54, 1.807) is 109 Å². The maximum atomic E-state index is 13.4. The molecule has 4 amide bonds. The Labute approximate surface area is 240 Å². The van der Waals surface area contributed by atoms with Crippen LogP contribution in [0, 0.1) is 0 Å². The molecule has 0 fully saturated rings. The summed E-state index contributed by atoms with van der Waals surface area (Å²) in [6, 6.07) is 33.8. The van der Waals surface area contributed by atoms with Crippen LogP contribution < -0.4 is 19.3 Å². The molecule has 2 heterocycles. The van der Waals surface area contributed by atoms with Crippen molar-refractivity contribution in [1.29, 1.82) is 0 Å². The molecule has 8 heteroatoms. The number of hydrogen-bond donors (Lipinski definition) is 0. The van der Waals surface area contributed by atoms with Gasteiger partial charge in [-0.1, -0.05) is 54.6 Å². The molecule has 5 aromatic carbocycles. The lowest BCUT2D eigenvalue weighted by Gasteiger charge is -2.14. The van der Waals surface area contributed by atoms with Crippen LogP contribution in [0.4, 0.5) is 11.4 Å². The van der Waals surface area contributed by atoms with E-state index in [-0.39, 0.29) is 33.8 Å². The minimum Gasteiger partial charge on any atom is -0.456 e. The molecule has 0 aromatic heterocycles. The molecule has 0 unspecified atom stereocenters. The lowest BCUT2D eigenvalue weighted by Crippen LogP contribution is -2.29. The van der Waals surface area contributed by atoms with Crippen LogP contribution in [0.1, 0.15) is 41.4 Å². The minimum atomic E-state index is -0.477. The minimum absolute atomic E-state index is 0.170. The Balaban J connectivity index is 1.17. The highest BCUT2D eigenvalue weighted by Crippen LogP contribution is 2.39. The van der Waals surface area contributed by atoms with Crippen LogP contribution in [-0.4, -0.2) is 23.6 Å². The van der Waals surface area contributed by atoms with E-state index in [1.807, 2.05) is 12.1 Å². The van der Waals surface area contributed by atoms with Crippen LogP contribution in [0.5, 0.6) is 23.0 Å². The molecule has 0 N–H and O–H groups in total. The van der Waals surface area contributed by atoms with Gasteiger partial charge in [-0.3, -0.25) is 19.2 Å². The zero-order chi connectivity index (χ0) is 28.8. The van der Waals surface area contributed by atoms with Crippen LogP contribution in [0.2, 0.25) is 0 Å². The smallest absolute Gasteiger partial charge is 0.269 e. The van der Waals surface area contributed by atoms with Gasteiger partial charge in [0, 0.05) is 6.07 Å². The number of imide groups is 2. The second-order valence-corrected chi connectivity index (χ2v) is 9.60. The predicted octanol–water partition coefficient (Wildman–Crippen LogP) is 6.87. The van der Waals surface area contributed by atoms with Gasteiger partial charge in [0.2, 0.25) is 0 Å². The van der Waals surface area contributed by atoms with Crippen molar-refractivity contribution in [2.75, 3.05) is 9.80 Å². The summed E-state index contributed by atoms with van der Waals surface area (Å²) in [5, 5.41) is 0. The number of hydrogen-bond acceptors (Lipinski definition) is 6. The van der Waals surface area contributed by atoms with Gasteiger partial charge < -0.3 is 9.47 Å². The largest absolute Gasteiger partial charge is 0.456 e. The number of ether oxygens (including phenoxy) is 2. The van der Waals surface area contributed by atoms with Gasteiger partial charge in [0.15, 0.2) is 0 Å². The topological polar surface area (TPSA) is 93.2 Å². The molecule has 0 saturated heterocycles. The molecular formula is C34H20N2O6. The Morgan fingerprint density at radius 1 is 0.405 bits per heavy atom. The molecule has 8 nitrogen and oxygen atoms in total. The predicted molar refractivity (Wildman–Crippen MR) is 155 cm³/mol. The monoisotopic (exact) mass is 552 g/mol. The molecule has 0 saturated carbocycles. The Bertz CT molecular complexity index is 1780. The van der Waals surface area contributed by atoms with Gasteiger partial charge >= 0.3 is 0 Å². The number of carbonyl (C=O) groups is 4. The molecule has 5 aromatic rings. The summed E-state index contributed by atoms with van der Waals surface area (Å²) in [4.78, 5) is 55.2. The van der Waals surface area contributed by atoms with Gasteiger partial charge in [-0.2, -0.15) is 0 Å². The first-order valence-corrected chi connectivity index (χ1v) is 13.1. The molecule has 0 atom stereocenters. The number of anilines is 2. The molecule has 0 spiro atoms. The third-order valence-corrected chi connectivity index (χ3v) is 7.04. The molecule has 42 heavy (non-hydrogen) atoms. The number of nitrogens with zero attached hydrogens (tertiary/aromatic N) is 2. The second-order valence-electron chi connectivity index (χ2n) is 9.60. The summed E-state index contributed by atoms with van der Waals surface area (Å²) in [6.07, 6.45) is 0. The first-order chi connectivity index (χ1) is 20.5. The molecule has 2 aliphatic rings. The first-order valence-electron chi connectivity index (χ1n) is 13.1. The fourth-order valence-corrected chi connectivity index (χ4v) is 5.16. The van der Waals surface area contributed by atoms with E-state index < -0.39 is 23.6 Å². The number of para-hydroxylation sites is 2. The maximum Gasteiger partial charge on any atom is 0.269 e. The number of amides is 4. The van der Waals surface area contributed by atoms with Crippen LogP contribution in [0.25, 0.3) is 0 Å². The maximum absolute atomic E-state index is 13.4. The van der Waals surface area contributed by atoms with Crippen LogP contribution >= 0.6 is 0 Å². The quantitative estimate of drug-likeness (QED) is 0.213. The van der Waals surface area contributed by atoms with Crippen molar-refractivity contribution < 1.29 is 28.7 Å². The Morgan fingerprint density at radius 2 is 0.810 bits per heavy atom. The Morgan fingerprint density at radius 3 is 1.24 bits per heavy atom. The number of benzene rings is 5. The highest BCUT2D eigenvalue weighted by molar-refractivity contribution is 6.36. The molecular weight excluding hydrogens is 532 g/mol. The van der Waals surface area contributed by atoms with Gasteiger partial charge in [0.1, 0.15) is 23.0 Å². The fraction of sp³-hybridized carbons (Fsp3) is 0.